The third-order valence-electron chi connectivity index (χ3n) is 2.13. The smallest absolute Gasteiger partial charge is 0.380 e. The fourth-order valence-corrected chi connectivity index (χ4v) is 1.14. The number of alkyl halides is 3. The summed E-state index contributed by atoms with van der Waals surface area (Å²) in [5.74, 6) is 5.19. The van der Waals surface area contributed by atoms with Gasteiger partial charge in [0.1, 0.15) is 0 Å². The number of hydrazine groups is 1. The van der Waals surface area contributed by atoms with Gasteiger partial charge in [0.2, 0.25) is 0 Å². The highest BCUT2D eigenvalue weighted by Gasteiger charge is 2.27. The first kappa shape index (κ1) is 13.7. The number of methoxy groups -OCH3 is 1. The van der Waals surface area contributed by atoms with E-state index < -0.39 is 12.6 Å². The van der Waals surface area contributed by atoms with Crippen molar-refractivity contribution in [3.8, 4) is 0 Å². The Morgan fingerprint density at radius 3 is 2.36 bits per heavy atom. The summed E-state index contributed by atoms with van der Waals surface area (Å²) in [4.78, 5) is 0. The van der Waals surface area contributed by atoms with E-state index >= 15 is 0 Å². The Morgan fingerprint density at radius 1 is 1.43 bits per heavy atom. The van der Waals surface area contributed by atoms with Crippen molar-refractivity contribution in [2.75, 3.05) is 7.11 Å². The first-order valence-electron chi connectivity index (χ1n) is 4.46. The van der Waals surface area contributed by atoms with Crippen molar-refractivity contribution in [2.24, 2.45) is 5.84 Å². The van der Waals surface area contributed by atoms with Gasteiger partial charge in [-0.3, -0.25) is 11.3 Å². The van der Waals surface area contributed by atoms with E-state index in [2.05, 4.69) is 5.43 Å². The lowest BCUT2D eigenvalue weighted by molar-refractivity contribution is -0.136. The number of hydrogen-bond donors (Lipinski definition) is 2. The summed E-state index contributed by atoms with van der Waals surface area (Å²) in [6, 6.07) is -0.234. The van der Waals surface area contributed by atoms with Crippen LogP contribution in [0, 0.1) is 0 Å². The van der Waals surface area contributed by atoms with Crippen molar-refractivity contribution in [2.45, 2.75) is 44.5 Å². The number of hydrogen-bond acceptors (Lipinski definition) is 3. The lowest BCUT2D eigenvalue weighted by Crippen LogP contribution is -2.43. The summed E-state index contributed by atoms with van der Waals surface area (Å²) < 4.78 is 40.4. The van der Waals surface area contributed by atoms with Crippen molar-refractivity contribution in [3.63, 3.8) is 0 Å². The molecule has 0 spiro atoms. The molecule has 2 atom stereocenters. The van der Waals surface area contributed by atoms with Crippen LogP contribution in [0.1, 0.15) is 26.2 Å². The molecule has 0 aliphatic carbocycles. The van der Waals surface area contributed by atoms with Crippen LogP contribution in [0.2, 0.25) is 0 Å². The zero-order valence-corrected chi connectivity index (χ0v) is 8.40. The number of nitrogens with one attached hydrogen (secondary N) is 1. The van der Waals surface area contributed by atoms with Crippen LogP contribution < -0.4 is 11.3 Å². The van der Waals surface area contributed by atoms with Crippen LogP contribution in [-0.4, -0.2) is 25.4 Å². The molecule has 0 aromatic carbocycles. The van der Waals surface area contributed by atoms with E-state index in [1.54, 1.807) is 6.92 Å². The molecule has 6 heteroatoms. The van der Waals surface area contributed by atoms with Crippen molar-refractivity contribution in [1.82, 2.24) is 5.43 Å². The summed E-state index contributed by atoms with van der Waals surface area (Å²) in [6.45, 7) is 1.76. The van der Waals surface area contributed by atoms with Gasteiger partial charge in [-0.1, -0.05) is 0 Å². The van der Waals surface area contributed by atoms with E-state index in [0.717, 1.165) is 0 Å². The molecule has 3 nitrogen and oxygen atoms in total. The molecule has 0 saturated carbocycles. The van der Waals surface area contributed by atoms with Crippen LogP contribution in [0.25, 0.3) is 0 Å². The molecule has 0 aliphatic heterocycles. The third kappa shape index (κ3) is 6.17. The van der Waals surface area contributed by atoms with Gasteiger partial charge >= 0.3 is 6.18 Å². The highest BCUT2D eigenvalue weighted by atomic mass is 19.4. The van der Waals surface area contributed by atoms with Gasteiger partial charge in [0.15, 0.2) is 0 Å². The van der Waals surface area contributed by atoms with E-state index in [1.807, 2.05) is 0 Å². The van der Waals surface area contributed by atoms with Crippen LogP contribution in [0.15, 0.2) is 0 Å². The molecule has 0 aromatic heterocycles. The lowest BCUT2D eigenvalue weighted by Gasteiger charge is -2.21. The zero-order chi connectivity index (χ0) is 11.2. The molecule has 0 fully saturated rings. The van der Waals surface area contributed by atoms with Gasteiger partial charge in [-0.25, -0.2) is 0 Å². The minimum Gasteiger partial charge on any atom is -0.380 e. The SMILES string of the molecule is COC(C)C(CCCC(F)(F)F)NN. The quantitative estimate of drug-likeness (QED) is 0.521. The van der Waals surface area contributed by atoms with Gasteiger partial charge in [-0.15, -0.1) is 0 Å². The average molecular weight is 214 g/mol. The normalized spacial score (nSPS) is 16.7. The first-order valence-corrected chi connectivity index (χ1v) is 4.46. The number of nitrogens with two attached hydrogens (primary N) is 1. The highest BCUT2D eigenvalue weighted by molar-refractivity contribution is 4.71. The monoisotopic (exact) mass is 214 g/mol. The molecule has 0 rings (SSSR count). The maximum atomic E-state index is 11.8. The Morgan fingerprint density at radius 2 is 2.00 bits per heavy atom. The van der Waals surface area contributed by atoms with Crippen LogP contribution in [0.3, 0.4) is 0 Å². The molecular weight excluding hydrogens is 197 g/mol. The Bertz CT molecular complexity index is 152. The Balaban J connectivity index is 3.74. The van der Waals surface area contributed by atoms with E-state index in [-0.39, 0.29) is 18.6 Å². The van der Waals surface area contributed by atoms with E-state index in [1.165, 1.54) is 7.11 Å². The fourth-order valence-electron chi connectivity index (χ4n) is 1.14. The molecule has 0 radical (unpaired) electrons. The molecule has 14 heavy (non-hydrogen) atoms. The summed E-state index contributed by atoms with van der Waals surface area (Å²) in [5.41, 5.74) is 2.45. The molecule has 0 bridgehead atoms. The summed E-state index contributed by atoms with van der Waals surface area (Å²) in [7, 11) is 1.50. The first-order chi connectivity index (χ1) is 6.40. The zero-order valence-electron chi connectivity index (χ0n) is 8.40. The highest BCUT2D eigenvalue weighted by Crippen LogP contribution is 2.23. The maximum absolute atomic E-state index is 11.8. The van der Waals surface area contributed by atoms with Crippen molar-refractivity contribution in [3.05, 3.63) is 0 Å². The Labute approximate surface area is 81.8 Å². The predicted octanol–water partition coefficient (Wildman–Crippen LogP) is 1.59. The van der Waals surface area contributed by atoms with Crippen LogP contribution in [0.5, 0.6) is 0 Å². The third-order valence-corrected chi connectivity index (χ3v) is 2.13. The standard InChI is InChI=1S/C8H17F3N2O/c1-6(14-2)7(13-12)4-3-5-8(9,10)11/h6-7,13H,3-5,12H2,1-2H3. The van der Waals surface area contributed by atoms with Crippen molar-refractivity contribution in [1.29, 1.82) is 0 Å². The minimum atomic E-state index is -4.09. The van der Waals surface area contributed by atoms with Gasteiger partial charge < -0.3 is 4.74 Å². The number of ether oxygens (including phenoxy) is 1. The minimum absolute atomic E-state index is 0.0616. The molecule has 0 aliphatic rings. The molecule has 0 heterocycles. The second kappa shape index (κ2) is 6.21. The maximum Gasteiger partial charge on any atom is 0.389 e. The molecule has 3 N–H and O–H groups in total. The van der Waals surface area contributed by atoms with Gasteiger partial charge in [0, 0.05) is 19.6 Å². The van der Waals surface area contributed by atoms with Gasteiger partial charge in [-0.05, 0) is 19.8 Å². The van der Waals surface area contributed by atoms with Crippen LogP contribution in [-0.2, 0) is 4.74 Å². The van der Waals surface area contributed by atoms with Gasteiger partial charge in [-0.2, -0.15) is 13.2 Å². The van der Waals surface area contributed by atoms with Crippen molar-refractivity contribution >= 4 is 0 Å². The van der Waals surface area contributed by atoms with Crippen LogP contribution >= 0.6 is 0 Å². The molecule has 0 amide bonds. The predicted molar refractivity (Wildman–Crippen MR) is 47.5 cm³/mol. The summed E-state index contributed by atoms with van der Waals surface area (Å²) in [5, 5.41) is 0. The fraction of sp³-hybridized carbons (Fsp3) is 1.00. The summed E-state index contributed by atoms with van der Waals surface area (Å²) >= 11 is 0. The molecule has 2 unspecified atom stereocenters. The Kier molecular flexibility index (Phi) is 6.06. The number of rotatable bonds is 6. The second-order valence-electron chi connectivity index (χ2n) is 3.22. The molecule has 0 saturated heterocycles. The van der Waals surface area contributed by atoms with E-state index in [4.69, 9.17) is 10.6 Å². The van der Waals surface area contributed by atoms with E-state index in [9.17, 15) is 13.2 Å². The largest absolute Gasteiger partial charge is 0.389 e. The van der Waals surface area contributed by atoms with E-state index in [0.29, 0.717) is 6.42 Å². The summed E-state index contributed by atoms with van der Waals surface area (Å²) in [6.07, 6.45) is -4.64. The number of halogens is 3. The van der Waals surface area contributed by atoms with Crippen molar-refractivity contribution < 1.29 is 17.9 Å². The Hall–Kier alpha value is -0.330. The lowest BCUT2D eigenvalue weighted by atomic mass is 10.1. The molecular formula is C8H17F3N2O. The van der Waals surface area contributed by atoms with Crippen LogP contribution in [0.4, 0.5) is 13.2 Å². The average Bonchev–Trinajstić information content (AvgIpc) is 2.09. The van der Waals surface area contributed by atoms with Gasteiger partial charge in [0.05, 0.1) is 6.10 Å². The molecule has 86 valence electrons. The van der Waals surface area contributed by atoms with Gasteiger partial charge in [0.25, 0.3) is 0 Å². The second-order valence-corrected chi connectivity index (χ2v) is 3.22. The molecule has 0 aromatic rings. The topological polar surface area (TPSA) is 47.3 Å².